The molecule has 2 aliphatic rings. The second-order valence-electron chi connectivity index (χ2n) is 7.93. The molecule has 0 unspecified atom stereocenters. The predicted molar refractivity (Wildman–Crippen MR) is 136 cm³/mol. The van der Waals surface area contributed by atoms with Gasteiger partial charge < -0.3 is 13.7 Å². The molecule has 2 amide bonds. The van der Waals surface area contributed by atoms with Gasteiger partial charge in [0, 0.05) is 23.2 Å². The van der Waals surface area contributed by atoms with Crippen LogP contribution in [0.5, 0.6) is 17.2 Å². The van der Waals surface area contributed by atoms with E-state index in [1.807, 2.05) is 0 Å². The lowest BCUT2D eigenvalue weighted by molar-refractivity contribution is -0.385. The first-order valence-electron chi connectivity index (χ1n) is 10.7. The SMILES string of the molecule is O=C1S/C(=C\c2ccc(OS(=O)(=O)c3cccc([N+](=O)[O-])c3)cc2)C(=O)N1Cc1cc2c(cc1Cl)OCO2. The number of rotatable bonds is 7. The number of hydrogen-bond donors (Lipinski definition) is 0. The number of carbonyl (C=O) groups is 2. The van der Waals surface area contributed by atoms with Crippen LogP contribution in [0.3, 0.4) is 0 Å². The third-order valence-corrected chi connectivity index (χ3v) is 7.95. The van der Waals surface area contributed by atoms with Crippen LogP contribution in [-0.2, 0) is 21.5 Å². The maximum absolute atomic E-state index is 12.9. The molecule has 0 spiro atoms. The number of benzene rings is 3. The lowest BCUT2D eigenvalue weighted by Crippen LogP contribution is -2.27. The Kier molecular flexibility index (Phi) is 6.73. The molecule has 2 aliphatic heterocycles. The number of carbonyl (C=O) groups excluding carboxylic acids is 2. The number of fused-ring (bicyclic) bond motifs is 1. The topological polar surface area (TPSA) is 142 Å². The molecule has 194 valence electrons. The molecule has 0 aromatic heterocycles. The van der Waals surface area contributed by atoms with E-state index in [-0.39, 0.29) is 34.6 Å². The van der Waals surface area contributed by atoms with E-state index in [2.05, 4.69) is 0 Å². The van der Waals surface area contributed by atoms with E-state index in [1.165, 1.54) is 48.5 Å². The summed E-state index contributed by atoms with van der Waals surface area (Å²) in [5.41, 5.74) is 0.641. The first kappa shape index (κ1) is 25.6. The van der Waals surface area contributed by atoms with Crippen LogP contribution in [0, 0.1) is 10.1 Å². The van der Waals surface area contributed by atoms with E-state index in [4.69, 9.17) is 25.3 Å². The fraction of sp³-hybridized carbons (Fsp3) is 0.0833. The van der Waals surface area contributed by atoms with Gasteiger partial charge in [0.1, 0.15) is 10.6 Å². The second kappa shape index (κ2) is 10.0. The van der Waals surface area contributed by atoms with Gasteiger partial charge in [-0.25, -0.2) is 0 Å². The van der Waals surface area contributed by atoms with E-state index < -0.39 is 26.2 Å². The Bertz CT molecular complexity index is 1620. The highest BCUT2D eigenvalue weighted by atomic mass is 35.5. The van der Waals surface area contributed by atoms with E-state index in [1.54, 1.807) is 12.1 Å². The number of nitro benzene ring substituents is 1. The highest BCUT2D eigenvalue weighted by Gasteiger charge is 2.35. The summed E-state index contributed by atoms with van der Waals surface area (Å²) in [6.07, 6.45) is 1.49. The molecule has 11 nitrogen and oxygen atoms in total. The molecule has 5 rings (SSSR count). The number of imide groups is 1. The van der Waals surface area contributed by atoms with Gasteiger partial charge in [-0.05, 0) is 53.2 Å². The van der Waals surface area contributed by atoms with Crippen LogP contribution < -0.4 is 13.7 Å². The summed E-state index contributed by atoms with van der Waals surface area (Å²) >= 11 is 7.04. The highest BCUT2D eigenvalue weighted by Crippen LogP contribution is 2.39. The van der Waals surface area contributed by atoms with Crippen molar-refractivity contribution in [1.82, 2.24) is 4.90 Å². The first-order valence-corrected chi connectivity index (χ1v) is 13.3. The van der Waals surface area contributed by atoms with Crippen LogP contribution in [0.25, 0.3) is 6.08 Å². The molecule has 14 heteroatoms. The number of nitrogens with zero attached hydrogens (tertiary/aromatic N) is 2. The molecule has 0 saturated carbocycles. The Morgan fingerprint density at radius 3 is 2.50 bits per heavy atom. The van der Waals surface area contributed by atoms with Crippen molar-refractivity contribution in [2.24, 2.45) is 0 Å². The van der Waals surface area contributed by atoms with Gasteiger partial charge in [0.25, 0.3) is 16.8 Å². The van der Waals surface area contributed by atoms with Gasteiger partial charge >= 0.3 is 10.1 Å². The number of non-ortho nitro benzene ring substituents is 1. The Morgan fingerprint density at radius 1 is 1.08 bits per heavy atom. The van der Waals surface area contributed by atoms with Gasteiger partial charge in [-0.2, -0.15) is 8.42 Å². The van der Waals surface area contributed by atoms with Crippen molar-refractivity contribution >= 4 is 56.4 Å². The molecule has 3 aromatic carbocycles. The summed E-state index contributed by atoms with van der Waals surface area (Å²) in [4.78, 5) is 36.5. The fourth-order valence-corrected chi connectivity index (χ4v) is 5.61. The van der Waals surface area contributed by atoms with Crippen LogP contribution in [-0.4, -0.2) is 36.2 Å². The zero-order valence-corrected chi connectivity index (χ0v) is 21.4. The molecule has 3 aromatic rings. The molecule has 38 heavy (non-hydrogen) atoms. The average Bonchev–Trinajstić information content (AvgIpc) is 3.44. The fourth-order valence-electron chi connectivity index (χ4n) is 3.59. The predicted octanol–water partition coefficient (Wildman–Crippen LogP) is 4.98. The van der Waals surface area contributed by atoms with E-state index in [0.717, 1.165) is 22.7 Å². The second-order valence-corrected chi connectivity index (χ2v) is 10.9. The smallest absolute Gasteiger partial charge is 0.339 e. The molecule has 0 bridgehead atoms. The summed E-state index contributed by atoms with van der Waals surface area (Å²) < 4.78 is 40.7. The maximum Gasteiger partial charge on any atom is 0.339 e. The van der Waals surface area contributed by atoms with Gasteiger partial charge in [0.2, 0.25) is 6.79 Å². The van der Waals surface area contributed by atoms with Crippen LogP contribution in [0.15, 0.2) is 70.5 Å². The monoisotopic (exact) mass is 574 g/mol. The van der Waals surface area contributed by atoms with Gasteiger partial charge in [-0.1, -0.05) is 29.8 Å². The Balaban J connectivity index is 1.29. The number of ether oxygens (including phenoxy) is 2. The third kappa shape index (κ3) is 5.16. The Hall–Kier alpha value is -4.07. The molecule has 0 atom stereocenters. The summed E-state index contributed by atoms with van der Waals surface area (Å²) in [5, 5.41) is 10.8. The molecule has 0 N–H and O–H groups in total. The van der Waals surface area contributed by atoms with E-state index in [0.29, 0.717) is 27.6 Å². The average molecular weight is 575 g/mol. The molecule has 0 aliphatic carbocycles. The summed E-state index contributed by atoms with van der Waals surface area (Å²) in [6, 6.07) is 13.4. The minimum Gasteiger partial charge on any atom is -0.454 e. The van der Waals surface area contributed by atoms with Crippen molar-refractivity contribution < 1.29 is 36.6 Å². The van der Waals surface area contributed by atoms with Gasteiger partial charge in [0.15, 0.2) is 11.5 Å². The van der Waals surface area contributed by atoms with E-state index in [9.17, 15) is 28.1 Å². The first-order chi connectivity index (χ1) is 18.1. The van der Waals surface area contributed by atoms with Crippen LogP contribution in [0.4, 0.5) is 10.5 Å². The number of thioether (sulfide) groups is 1. The number of halogens is 1. The quantitative estimate of drug-likeness (QED) is 0.164. The van der Waals surface area contributed by atoms with Gasteiger partial charge in [-0.3, -0.25) is 24.6 Å². The number of hydrogen-bond acceptors (Lipinski definition) is 10. The Morgan fingerprint density at radius 2 is 1.79 bits per heavy atom. The molecule has 2 heterocycles. The molecule has 1 saturated heterocycles. The zero-order chi connectivity index (χ0) is 27.0. The standard InChI is InChI=1S/C24H15ClN2O9S2/c25-19-11-21-20(34-13-35-21)9-15(19)12-26-23(28)22(37-24(26)29)8-14-4-6-17(7-5-14)36-38(32,33)18-3-1-2-16(10-18)27(30)31/h1-11H,12-13H2/b22-8-. The van der Waals surface area contributed by atoms with Crippen molar-refractivity contribution in [2.45, 2.75) is 11.4 Å². The normalized spacial score (nSPS) is 15.8. The van der Waals surface area contributed by atoms with Crippen LogP contribution in [0.1, 0.15) is 11.1 Å². The van der Waals surface area contributed by atoms with Crippen molar-refractivity contribution in [3.05, 3.63) is 91.8 Å². The van der Waals surface area contributed by atoms with Crippen molar-refractivity contribution in [1.29, 1.82) is 0 Å². The van der Waals surface area contributed by atoms with Crippen LogP contribution >= 0.6 is 23.4 Å². The Labute approximate surface area is 224 Å². The minimum absolute atomic E-state index is 0.0424. The van der Waals surface area contributed by atoms with Crippen LogP contribution in [0.2, 0.25) is 5.02 Å². The van der Waals surface area contributed by atoms with Gasteiger partial charge in [0.05, 0.1) is 16.4 Å². The lowest BCUT2D eigenvalue weighted by Gasteiger charge is -2.14. The van der Waals surface area contributed by atoms with Crippen molar-refractivity contribution in [2.75, 3.05) is 6.79 Å². The molecular formula is C24H15ClN2O9S2. The zero-order valence-electron chi connectivity index (χ0n) is 19.0. The minimum atomic E-state index is -4.32. The highest BCUT2D eigenvalue weighted by molar-refractivity contribution is 8.18. The summed E-state index contributed by atoms with van der Waals surface area (Å²) in [7, 11) is -4.32. The molecule has 0 radical (unpaired) electrons. The summed E-state index contributed by atoms with van der Waals surface area (Å²) in [6.45, 7) is 0.00371. The molecular weight excluding hydrogens is 560 g/mol. The van der Waals surface area contributed by atoms with Crippen molar-refractivity contribution in [3.8, 4) is 17.2 Å². The lowest BCUT2D eigenvalue weighted by atomic mass is 10.1. The summed E-state index contributed by atoms with van der Waals surface area (Å²) in [5.74, 6) is 0.404. The van der Waals surface area contributed by atoms with E-state index >= 15 is 0 Å². The largest absolute Gasteiger partial charge is 0.454 e. The maximum atomic E-state index is 12.9. The number of nitro groups is 1. The third-order valence-electron chi connectivity index (χ3n) is 5.44. The molecule has 1 fully saturated rings. The van der Waals surface area contributed by atoms with Gasteiger partial charge in [-0.15, -0.1) is 0 Å². The van der Waals surface area contributed by atoms with Crippen molar-refractivity contribution in [3.63, 3.8) is 0 Å². The number of amides is 2.